The van der Waals surface area contributed by atoms with Crippen LogP contribution in [-0.4, -0.2) is 47.6 Å². The standard InChI is InChI=1S/C13H19N3O2/c1-10-14-4-3-12(15-10)7-11-8-13(17)16(9-11)5-6-18-2/h3-4,11H,5-9H2,1-2H3/t11-/m1/s1. The van der Waals surface area contributed by atoms with E-state index in [1.807, 2.05) is 17.9 Å². The van der Waals surface area contributed by atoms with Crippen molar-refractivity contribution in [2.45, 2.75) is 19.8 Å². The van der Waals surface area contributed by atoms with Crippen molar-refractivity contribution >= 4 is 5.91 Å². The normalized spacial score (nSPS) is 19.6. The number of nitrogens with zero attached hydrogens (tertiary/aromatic N) is 3. The number of hydrogen-bond donors (Lipinski definition) is 0. The minimum Gasteiger partial charge on any atom is -0.383 e. The van der Waals surface area contributed by atoms with Gasteiger partial charge in [-0.05, 0) is 25.3 Å². The molecule has 0 saturated carbocycles. The third kappa shape index (κ3) is 3.26. The molecular formula is C13H19N3O2. The summed E-state index contributed by atoms with van der Waals surface area (Å²) in [6.45, 7) is 3.99. The van der Waals surface area contributed by atoms with Crippen molar-refractivity contribution in [3.63, 3.8) is 0 Å². The van der Waals surface area contributed by atoms with E-state index in [-0.39, 0.29) is 5.91 Å². The Bertz CT molecular complexity index is 422. The molecule has 0 spiro atoms. The molecule has 1 atom stereocenters. The lowest BCUT2D eigenvalue weighted by atomic mass is 10.0. The molecule has 1 amide bonds. The van der Waals surface area contributed by atoms with E-state index in [1.165, 1.54) is 0 Å². The Balaban J connectivity index is 1.90. The molecule has 0 N–H and O–H groups in total. The van der Waals surface area contributed by atoms with Crippen LogP contribution in [0, 0.1) is 12.8 Å². The molecule has 0 bridgehead atoms. The molecule has 1 saturated heterocycles. The predicted octanol–water partition coefficient (Wildman–Crippen LogP) is 0.822. The molecular weight excluding hydrogens is 230 g/mol. The summed E-state index contributed by atoms with van der Waals surface area (Å²) in [6, 6.07) is 1.93. The van der Waals surface area contributed by atoms with Crippen LogP contribution in [0.1, 0.15) is 17.9 Å². The largest absolute Gasteiger partial charge is 0.383 e. The van der Waals surface area contributed by atoms with Crippen molar-refractivity contribution in [3.8, 4) is 0 Å². The smallest absolute Gasteiger partial charge is 0.223 e. The highest BCUT2D eigenvalue weighted by molar-refractivity contribution is 5.78. The van der Waals surface area contributed by atoms with Gasteiger partial charge in [0.1, 0.15) is 5.82 Å². The topological polar surface area (TPSA) is 55.3 Å². The fourth-order valence-electron chi connectivity index (χ4n) is 2.32. The van der Waals surface area contributed by atoms with Gasteiger partial charge in [0.15, 0.2) is 0 Å². The lowest BCUT2D eigenvalue weighted by molar-refractivity contribution is -0.128. The van der Waals surface area contributed by atoms with E-state index < -0.39 is 0 Å². The van der Waals surface area contributed by atoms with Crippen molar-refractivity contribution in [3.05, 3.63) is 23.8 Å². The van der Waals surface area contributed by atoms with Gasteiger partial charge in [-0.15, -0.1) is 0 Å². The Hall–Kier alpha value is -1.49. The molecule has 5 nitrogen and oxygen atoms in total. The number of amides is 1. The van der Waals surface area contributed by atoms with E-state index in [2.05, 4.69) is 9.97 Å². The van der Waals surface area contributed by atoms with Crippen molar-refractivity contribution in [1.82, 2.24) is 14.9 Å². The Morgan fingerprint density at radius 3 is 3.11 bits per heavy atom. The van der Waals surface area contributed by atoms with Crippen LogP contribution in [0.2, 0.25) is 0 Å². The summed E-state index contributed by atoms with van der Waals surface area (Å²) in [7, 11) is 1.65. The number of carbonyl (C=O) groups excluding carboxylic acids is 1. The summed E-state index contributed by atoms with van der Waals surface area (Å²) >= 11 is 0. The van der Waals surface area contributed by atoms with Gasteiger partial charge in [0, 0.05) is 38.5 Å². The number of aromatic nitrogens is 2. The number of carbonyl (C=O) groups is 1. The quantitative estimate of drug-likeness (QED) is 0.775. The van der Waals surface area contributed by atoms with Crippen LogP contribution in [0.3, 0.4) is 0 Å². The van der Waals surface area contributed by atoms with Crippen molar-refractivity contribution < 1.29 is 9.53 Å². The van der Waals surface area contributed by atoms with Crippen molar-refractivity contribution in [2.24, 2.45) is 5.92 Å². The highest BCUT2D eigenvalue weighted by atomic mass is 16.5. The van der Waals surface area contributed by atoms with Gasteiger partial charge < -0.3 is 9.64 Å². The van der Waals surface area contributed by atoms with Crippen LogP contribution in [0.5, 0.6) is 0 Å². The zero-order valence-electron chi connectivity index (χ0n) is 10.9. The molecule has 2 heterocycles. The minimum atomic E-state index is 0.225. The number of hydrogen-bond acceptors (Lipinski definition) is 4. The predicted molar refractivity (Wildman–Crippen MR) is 67.0 cm³/mol. The minimum absolute atomic E-state index is 0.225. The highest BCUT2D eigenvalue weighted by Gasteiger charge is 2.29. The summed E-state index contributed by atoms with van der Waals surface area (Å²) in [4.78, 5) is 22.1. The van der Waals surface area contributed by atoms with E-state index in [0.29, 0.717) is 25.5 Å². The SMILES string of the molecule is COCCN1C[C@H](Cc2ccnc(C)n2)CC1=O. The van der Waals surface area contributed by atoms with E-state index in [1.54, 1.807) is 13.3 Å². The zero-order valence-corrected chi connectivity index (χ0v) is 10.9. The third-order valence-electron chi connectivity index (χ3n) is 3.19. The van der Waals surface area contributed by atoms with Gasteiger partial charge in [0.05, 0.1) is 6.61 Å². The summed E-state index contributed by atoms with van der Waals surface area (Å²) in [5.41, 5.74) is 1.02. The molecule has 98 valence electrons. The van der Waals surface area contributed by atoms with Crippen LogP contribution in [-0.2, 0) is 16.0 Å². The fourth-order valence-corrected chi connectivity index (χ4v) is 2.32. The Kier molecular flexibility index (Phi) is 4.25. The van der Waals surface area contributed by atoms with Crippen molar-refractivity contribution in [1.29, 1.82) is 0 Å². The zero-order chi connectivity index (χ0) is 13.0. The van der Waals surface area contributed by atoms with Gasteiger partial charge in [-0.2, -0.15) is 0 Å². The molecule has 0 unspecified atom stereocenters. The first kappa shape index (κ1) is 13.0. The maximum atomic E-state index is 11.8. The maximum absolute atomic E-state index is 11.8. The summed E-state index contributed by atoms with van der Waals surface area (Å²) in [5.74, 6) is 1.37. The third-order valence-corrected chi connectivity index (χ3v) is 3.19. The average Bonchev–Trinajstić information content (AvgIpc) is 2.67. The van der Waals surface area contributed by atoms with Crippen LogP contribution in [0.4, 0.5) is 0 Å². The summed E-state index contributed by atoms with van der Waals surface area (Å²) < 4.78 is 5.01. The van der Waals surface area contributed by atoms with Gasteiger partial charge in [0.25, 0.3) is 0 Å². The lowest BCUT2D eigenvalue weighted by Crippen LogP contribution is -2.29. The van der Waals surface area contributed by atoms with E-state index in [0.717, 1.165) is 24.5 Å². The first-order chi connectivity index (χ1) is 8.69. The first-order valence-electron chi connectivity index (χ1n) is 6.24. The lowest BCUT2D eigenvalue weighted by Gasteiger charge is -2.15. The average molecular weight is 249 g/mol. The van der Waals surface area contributed by atoms with E-state index >= 15 is 0 Å². The number of ether oxygens (including phenoxy) is 1. The fraction of sp³-hybridized carbons (Fsp3) is 0.615. The second kappa shape index (κ2) is 5.91. The molecule has 5 heteroatoms. The molecule has 1 aliphatic heterocycles. The molecule has 1 aliphatic rings. The van der Waals surface area contributed by atoms with Gasteiger partial charge in [-0.1, -0.05) is 0 Å². The van der Waals surface area contributed by atoms with Crippen LogP contribution in [0.15, 0.2) is 12.3 Å². The monoisotopic (exact) mass is 249 g/mol. The number of likely N-dealkylation sites (tertiary alicyclic amines) is 1. The Morgan fingerprint density at radius 1 is 1.56 bits per heavy atom. The molecule has 0 aliphatic carbocycles. The van der Waals surface area contributed by atoms with Gasteiger partial charge >= 0.3 is 0 Å². The number of methoxy groups -OCH3 is 1. The molecule has 1 fully saturated rings. The van der Waals surface area contributed by atoms with Gasteiger partial charge in [0.2, 0.25) is 5.91 Å². The maximum Gasteiger partial charge on any atom is 0.223 e. The Morgan fingerprint density at radius 2 is 2.39 bits per heavy atom. The summed E-state index contributed by atoms with van der Waals surface area (Å²) in [6.07, 6.45) is 3.24. The number of aryl methyl sites for hydroxylation is 1. The molecule has 1 aromatic heterocycles. The second-order valence-electron chi connectivity index (χ2n) is 4.70. The Labute approximate surface area is 107 Å². The molecule has 0 aromatic carbocycles. The summed E-state index contributed by atoms with van der Waals surface area (Å²) in [5, 5.41) is 0. The molecule has 18 heavy (non-hydrogen) atoms. The van der Waals surface area contributed by atoms with Gasteiger partial charge in [-0.3, -0.25) is 4.79 Å². The van der Waals surface area contributed by atoms with Crippen LogP contribution < -0.4 is 0 Å². The molecule has 1 aromatic rings. The highest BCUT2D eigenvalue weighted by Crippen LogP contribution is 2.20. The van der Waals surface area contributed by atoms with Crippen molar-refractivity contribution in [2.75, 3.05) is 26.8 Å². The van der Waals surface area contributed by atoms with Crippen LogP contribution in [0.25, 0.3) is 0 Å². The molecule has 2 rings (SSSR count). The van der Waals surface area contributed by atoms with E-state index in [4.69, 9.17) is 4.74 Å². The second-order valence-corrected chi connectivity index (χ2v) is 4.70. The number of rotatable bonds is 5. The molecule has 0 radical (unpaired) electrons. The van der Waals surface area contributed by atoms with E-state index in [9.17, 15) is 4.79 Å². The van der Waals surface area contributed by atoms with Crippen LogP contribution >= 0.6 is 0 Å². The van der Waals surface area contributed by atoms with Gasteiger partial charge in [-0.25, -0.2) is 9.97 Å². The first-order valence-corrected chi connectivity index (χ1v) is 6.24.